The van der Waals surface area contributed by atoms with Gasteiger partial charge in [0.15, 0.2) is 0 Å². The van der Waals surface area contributed by atoms with Crippen LogP contribution in [0.3, 0.4) is 0 Å². The van der Waals surface area contributed by atoms with E-state index in [1.165, 1.54) is 5.56 Å². The highest BCUT2D eigenvalue weighted by atomic mass is 32.2. The van der Waals surface area contributed by atoms with Crippen LogP contribution in [-0.2, 0) is 23.0 Å². The molecule has 0 aromatic heterocycles. The van der Waals surface area contributed by atoms with Gasteiger partial charge in [-0.15, -0.1) is 0 Å². The summed E-state index contributed by atoms with van der Waals surface area (Å²) < 4.78 is 26.2. The van der Waals surface area contributed by atoms with E-state index < -0.39 is 10.0 Å². The van der Waals surface area contributed by atoms with Crippen LogP contribution in [-0.4, -0.2) is 20.7 Å². The summed E-state index contributed by atoms with van der Waals surface area (Å²) in [5.74, 6) is 0.171. The van der Waals surface area contributed by atoms with Crippen molar-refractivity contribution in [3.8, 4) is 0 Å². The van der Waals surface area contributed by atoms with Gasteiger partial charge in [0.2, 0.25) is 10.0 Å². The van der Waals surface area contributed by atoms with Crippen molar-refractivity contribution in [1.29, 1.82) is 0 Å². The molecule has 0 fully saturated rings. The van der Waals surface area contributed by atoms with Crippen LogP contribution >= 0.6 is 0 Å². The lowest BCUT2D eigenvalue weighted by molar-refractivity contribution is 0.599. The number of anilines is 1. The Balaban J connectivity index is 2.27. The summed E-state index contributed by atoms with van der Waals surface area (Å²) >= 11 is 0. The monoisotopic (exact) mass is 254 g/mol. The van der Waals surface area contributed by atoms with E-state index in [4.69, 9.17) is 0 Å². The maximum absolute atomic E-state index is 11.8. The smallest absolute Gasteiger partial charge is 0.232 e. The molecule has 0 atom stereocenters. The third-order valence-electron chi connectivity index (χ3n) is 2.88. The minimum Gasteiger partial charge on any atom is -0.312 e. The maximum atomic E-state index is 11.8. The van der Waals surface area contributed by atoms with Gasteiger partial charge in [-0.05, 0) is 36.6 Å². The van der Waals surface area contributed by atoms with Crippen LogP contribution in [0.25, 0.3) is 0 Å². The van der Waals surface area contributed by atoms with E-state index in [2.05, 4.69) is 16.1 Å². The molecule has 5 heteroatoms. The van der Waals surface area contributed by atoms with Gasteiger partial charge in [-0.3, -0.25) is 4.72 Å². The van der Waals surface area contributed by atoms with Crippen molar-refractivity contribution >= 4 is 15.7 Å². The third kappa shape index (κ3) is 2.98. The first-order valence-corrected chi connectivity index (χ1v) is 7.59. The number of rotatable bonds is 4. The van der Waals surface area contributed by atoms with Gasteiger partial charge in [0, 0.05) is 6.54 Å². The molecular formula is C12H18N2O2S. The molecule has 2 N–H and O–H groups in total. The number of nitrogens with one attached hydrogen (secondary N) is 2. The first-order chi connectivity index (χ1) is 8.12. The number of hydrogen-bond donors (Lipinski definition) is 2. The molecule has 94 valence electrons. The van der Waals surface area contributed by atoms with Gasteiger partial charge in [-0.25, -0.2) is 8.42 Å². The van der Waals surface area contributed by atoms with Crippen LogP contribution in [0.1, 0.15) is 24.5 Å². The SMILES string of the molecule is CCCS(=O)(=O)Nc1cccc2c1CNCC2. The quantitative estimate of drug-likeness (QED) is 0.855. The molecule has 0 saturated heterocycles. The molecule has 0 saturated carbocycles. The second-order valence-corrected chi connectivity index (χ2v) is 6.13. The summed E-state index contributed by atoms with van der Waals surface area (Å²) in [7, 11) is -3.20. The Morgan fingerprint density at radius 3 is 3.00 bits per heavy atom. The normalized spacial score (nSPS) is 15.4. The van der Waals surface area contributed by atoms with Gasteiger partial charge < -0.3 is 5.32 Å². The molecule has 0 spiro atoms. The molecule has 0 aliphatic carbocycles. The van der Waals surface area contributed by atoms with E-state index in [1.54, 1.807) is 0 Å². The van der Waals surface area contributed by atoms with Gasteiger partial charge in [-0.1, -0.05) is 19.1 Å². The summed E-state index contributed by atoms with van der Waals surface area (Å²) in [5.41, 5.74) is 3.04. The summed E-state index contributed by atoms with van der Waals surface area (Å²) in [4.78, 5) is 0. The third-order valence-corrected chi connectivity index (χ3v) is 4.36. The van der Waals surface area contributed by atoms with Crippen molar-refractivity contribution < 1.29 is 8.42 Å². The van der Waals surface area contributed by atoms with Crippen LogP contribution in [0, 0.1) is 0 Å². The van der Waals surface area contributed by atoms with Gasteiger partial charge in [-0.2, -0.15) is 0 Å². The predicted octanol–water partition coefficient (Wildman–Crippen LogP) is 1.48. The highest BCUT2D eigenvalue weighted by molar-refractivity contribution is 7.92. The molecule has 17 heavy (non-hydrogen) atoms. The standard InChI is InChI=1S/C12H18N2O2S/c1-2-8-17(15,16)14-12-5-3-4-10-6-7-13-9-11(10)12/h3-5,13-14H,2,6-9H2,1H3. The fourth-order valence-electron chi connectivity index (χ4n) is 2.10. The molecule has 2 rings (SSSR count). The van der Waals surface area contributed by atoms with Crippen molar-refractivity contribution in [2.24, 2.45) is 0 Å². The van der Waals surface area contributed by atoms with E-state index in [-0.39, 0.29) is 5.75 Å². The van der Waals surface area contributed by atoms with E-state index in [1.807, 2.05) is 19.1 Å². The van der Waals surface area contributed by atoms with Crippen LogP contribution < -0.4 is 10.0 Å². The zero-order valence-electron chi connectivity index (χ0n) is 9.99. The fraction of sp³-hybridized carbons (Fsp3) is 0.500. The molecular weight excluding hydrogens is 236 g/mol. The second-order valence-electron chi connectivity index (χ2n) is 4.29. The van der Waals surface area contributed by atoms with Gasteiger partial charge in [0.25, 0.3) is 0 Å². The Morgan fingerprint density at radius 1 is 1.41 bits per heavy atom. The average Bonchev–Trinajstić information content (AvgIpc) is 2.29. The number of hydrogen-bond acceptors (Lipinski definition) is 3. The molecule has 0 amide bonds. The molecule has 4 nitrogen and oxygen atoms in total. The summed E-state index contributed by atoms with van der Waals surface area (Å²) in [5, 5.41) is 3.26. The van der Waals surface area contributed by atoms with Crippen molar-refractivity contribution in [2.45, 2.75) is 26.3 Å². The van der Waals surface area contributed by atoms with Gasteiger partial charge in [0.1, 0.15) is 0 Å². The summed E-state index contributed by atoms with van der Waals surface area (Å²) in [6, 6.07) is 5.81. The lowest BCUT2D eigenvalue weighted by Gasteiger charge is -2.20. The van der Waals surface area contributed by atoms with E-state index in [0.29, 0.717) is 6.42 Å². The van der Waals surface area contributed by atoms with E-state index in [9.17, 15) is 8.42 Å². The highest BCUT2D eigenvalue weighted by Crippen LogP contribution is 2.23. The van der Waals surface area contributed by atoms with Gasteiger partial charge >= 0.3 is 0 Å². The van der Waals surface area contributed by atoms with Crippen molar-refractivity contribution in [3.05, 3.63) is 29.3 Å². The summed E-state index contributed by atoms with van der Waals surface area (Å²) in [6.07, 6.45) is 1.58. The van der Waals surface area contributed by atoms with Crippen LogP contribution in [0.4, 0.5) is 5.69 Å². The Kier molecular flexibility index (Phi) is 3.69. The summed E-state index contributed by atoms with van der Waals surface area (Å²) in [6.45, 7) is 3.56. The first-order valence-electron chi connectivity index (χ1n) is 5.94. The van der Waals surface area contributed by atoms with Gasteiger partial charge in [0.05, 0.1) is 11.4 Å². The maximum Gasteiger partial charge on any atom is 0.232 e. The zero-order chi connectivity index (χ0) is 12.3. The zero-order valence-corrected chi connectivity index (χ0v) is 10.8. The topological polar surface area (TPSA) is 58.2 Å². The molecule has 1 heterocycles. The molecule has 0 unspecified atom stereocenters. The second kappa shape index (κ2) is 5.06. The molecule has 1 aliphatic heterocycles. The molecule has 1 aromatic rings. The Bertz CT molecular complexity index is 497. The predicted molar refractivity (Wildman–Crippen MR) is 69.6 cm³/mol. The number of fused-ring (bicyclic) bond motifs is 1. The first kappa shape index (κ1) is 12.4. The van der Waals surface area contributed by atoms with Crippen molar-refractivity contribution in [1.82, 2.24) is 5.32 Å². The van der Waals surface area contributed by atoms with Crippen LogP contribution in [0.15, 0.2) is 18.2 Å². The Morgan fingerprint density at radius 2 is 2.24 bits per heavy atom. The largest absolute Gasteiger partial charge is 0.312 e. The van der Waals surface area contributed by atoms with Crippen molar-refractivity contribution in [3.63, 3.8) is 0 Å². The minimum atomic E-state index is -3.20. The Hall–Kier alpha value is -1.07. The van der Waals surface area contributed by atoms with Crippen LogP contribution in [0.5, 0.6) is 0 Å². The lowest BCUT2D eigenvalue weighted by Crippen LogP contribution is -2.26. The van der Waals surface area contributed by atoms with E-state index in [0.717, 1.165) is 30.8 Å². The Labute approximate surface area is 102 Å². The lowest BCUT2D eigenvalue weighted by atomic mass is 10.00. The minimum absolute atomic E-state index is 0.171. The number of sulfonamides is 1. The fourth-order valence-corrected chi connectivity index (χ4v) is 3.26. The van der Waals surface area contributed by atoms with Crippen LogP contribution in [0.2, 0.25) is 0 Å². The molecule has 1 aliphatic rings. The van der Waals surface area contributed by atoms with E-state index >= 15 is 0 Å². The molecule has 0 radical (unpaired) electrons. The molecule has 0 bridgehead atoms. The highest BCUT2D eigenvalue weighted by Gasteiger charge is 2.16. The average molecular weight is 254 g/mol. The van der Waals surface area contributed by atoms with Crippen molar-refractivity contribution in [2.75, 3.05) is 17.0 Å². The molecule has 1 aromatic carbocycles. The number of benzene rings is 1.